The summed E-state index contributed by atoms with van der Waals surface area (Å²) in [5, 5.41) is 7.20. The number of benzene rings is 2. The third-order valence-electron chi connectivity index (χ3n) is 9.17. The van der Waals surface area contributed by atoms with Crippen LogP contribution in [-0.2, 0) is 4.57 Å². The molecular formula is C34H43BrN9O3P. The molecule has 2 fully saturated rings. The summed E-state index contributed by atoms with van der Waals surface area (Å²) in [6.07, 6.45) is 8.17. The number of Topliss-reactive ketones (excluding diaryl/α,β-unsaturated/α-hetero) is 1. The average Bonchev–Trinajstić information content (AvgIpc) is 3.29. The van der Waals surface area contributed by atoms with Crippen molar-refractivity contribution >= 4 is 74.0 Å². The van der Waals surface area contributed by atoms with Crippen LogP contribution >= 0.6 is 23.1 Å². The van der Waals surface area contributed by atoms with E-state index >= 15 is 0 Å². The molecule has 2 aromatic heterocycles. The maximum absolute atomic E-state index is 13.4. The number of halogens is 1. The molecule has 0 atom stereocenters. The maximum Gasteiger partial charge on any atom is 0.229 e. The van der Waals surface area contributed by atoms with E-state index in [1.165, 1.54) is 6.42 Å². The van der Waals surface area contributed by atoms with Crippen molar-refractivity contribution in [2.24, 2.45) is 0 Å². The van der Waals surface area contributed by atoms with Gasteiger partial charge >= 0.3 is 0 Å². The largest absolute Gasteiger partial charge is 0.494 e. The Morgan fingerprint density at radius 3 is 2.48 bits per heavy atom. The fourth-order valence-corrected chi connectivity index (χ4v) is 8.40. The molecule has 0 saturated carbocycles. The first-order valence-corrected chi connectivity index (χ1v) is 19.7. The Labute approximate surface area is 290 Å². The predicted octanol–water partition coefficient (Wildman–Crippen LogP) is 5.74. The summed E-state index contributed by atoms with van der Waals surface area (Å²) in [6, 6.07) is 8.01. The number of rotatable bonds is 9. The summed E-state index contributed by atoms with van der Waals surface area (Å²) in [5.74, 6) is 1.32. The van der Waals surface area contributed by atoms with Gasteiger partial charge in [0.25, 0.3) is 0 Å². The van der Waals surface area contributed by atoms with Crippen LogP contribution in [0, 0.1) is 0 Å². The zero-order chi connectivity index (χ0) is 34.0. The predicted molar refractivity (Wildman–Crippen MR) is 197 cm³/mol. The van der Waals surface area contributed by atoms with Gasteiger partial charge in [0.15, 0.2) is 5.78 Å². The van der Waals surface area contributed by atoms with E-state index in [-0.39, 0.29) is 5.78 Å². The lowest BCUT2D eigenvalue weighted by molar-refractivity contribution is 0.101. The molecule has 0 bridgehead atoms. The number of fused-ring (bicyclic) bond motifs is 1. The van der Waals surface area contributed by atoms with Crippen LogP contribution in [0.1, 0.15) is 36.5 Å². The van der Waals surface area contributed by atoms with Crippen molar-refractivity contribution in [3.63, 3.8) is 0 Å². The highest BCUT2D eigenvalue weighted by atomic mass is 79.9. The minimum Gasteiger partial charge on any atom is -0.494 e. The summed E-state index contributed by atoms with van der Waals surface area (Å²) < 4.78 is 19.9. The Kier molecular flexibility index (Phi) is 10.3. The van der Waals surface area contributed by atoms with E-state index in [1.807, 2.05) is 24.3 Å². The van der Waals surface area contributed by atoms with Gasteiger partial charge in [-0.1, -0.05) is 0 Å². The molecule has 4 heterocycles. The van der Waals surface area contributed by atoms with Gasteiger partial charge < -0.3 is 29.7 Å². The summed E-state index contributed by atoms with van der Waals surface area (Å²) in [5.41, 5.74) is 3.95. The summed E-state index contributed by atoms with van der Waals surface area (Å²) >= 11 is 3.55. The monoisotopic (exact) mass is 735 g/mol. The van der Waals surface area contributed by atoms with Crippen LogP contribution in [0.3, 0.4) is 0 Å². The second-order valence-corrected chi connectivity index (χ2v) is 16.9. The molecule has 0 aliphatic carbocycles. The van der Waals surface area contributed by atoms with Crippen molar-refractivity contribution in [2.75, 3.05) is 82.3 Å². The van der Waals surface area contributed by atoms with Crippen molar-refractivity contribution in [3.05, 3.63) is 52.9 Å². The number of aromatic nitrogens is 4. The van der Waals surface area contributed by atoms with Gasteiger partial charge in [-0.3, -0.25) is 19.7 Å². The number of hydrogen-bond donors (Lipinski definition) is 2. The van der Waals surface area contributed by atoms with Gasteiger partial charge in [0.1, 0.15) is 24.2 Å². The number of methoxy groups -OCH3 is 1. The van der Waals surface area contributed by atoms with Gasteiger partial charge in [0.05, 0.1) is 39.5 Å². The summed E-state index contributed by atoms with van der Waals surface area (Å²) in [7, 11) is 1.05. The van der Waals surface area contributed by atoms with Gasteiger partial charge in [-0.25, -0.2) is 4.98 Å². The Morgan fingerprint density at radius 2 is 1.75 bits per heavy atom. The Hall–Kier alpha value is -3.64. The third-order valence-corrected chi connectivity index (χ3v) is 11.3. The van der Waals surface area contributed by atoms with E-state index in [0.29, 0.717) is 61.3 Å². The van der Waals surface area contributed by atoms with E-state index in [4.69, 9.17) is 9.72 Å². The highest BCUT2D eigenvalue weighted by Gasteiger charge is 2.28. The molecule has 0 spiro atoms. The highest BCUT2D eigenvalue weighted by Crippen LogP contribution is 2.42. The first-order chi connectivity index (χ1) is 23.0. The Bertz CT molecular complexity index is 1860. The number of ether oxygens (including phenoxy) is 1. The van der Waals surface area contributed by atoms with Crippen LogP contribution in [0.2, 0.25) is 0 Å². The second-order valence-electron chi connectivity index (χ2n) is 12.9. The number of ketones is 1. The molecule has 12 nitrogen and oxygen atoms in total. The molecule has 0 radical (unpaired) electrons. The quantitative estimate of drug-likeness (QED) is 0.161. The smallest absolute Gasteiger partial charge is 0.229 e. The van der Waals surface area contributed by atoms with E-state index in [1.54, 1.807) is 46.0 Å². The lowest BCUT2D eigenvalue weighted by atomic mass is 9.99. The maximum atomic E-state index is 13.4. The molecule has 6 rings (SSSR count). The van der Waals surface area contributed by atoms with Crippen LogP contribution in [0.15, 0.2) is 47.3 Å². The zero-order valence-electron chi connectivity index (χ0n) is 28.2. The van der Waals surface area contributed by atoms with E-state index in [2.05, 4.69) is 63.3 Å². The van der Waals surface area contributed by atoms with E-state index in [9.17, 15) is 9.36 Å². The molecule has 48 heavy (non-hydrogen) atoms. The molecule has 4 aromatic rings. The SMILES string of the molecule is COc1cc(N2CCC(N3CCCN(C)CC3)CC2)c(C(C)=O)cc1Nc1ncc(Br)c(Nc2ccc3nccnc3c2P(C)(C)=O)n1. The Morgan fingerprint density at radius 1 is 0.979 bits per heavy atom. The molecule has 2 aliphatic heterocycles. The van der Waals surface area contributed by atoms with Gasteiger partial charge in [-0.05, 0) is 93.8 Å². The number of nitrogens with one attached hydrogen (secondary N) is 2. The number of carbonyl (C=O) groups excluding carboxylic acids is 1. The molecule has 254 valence electrons. The fourth-order valence-electron chi connectivity index (χ4n) is 6.71. The first-order valence-electron chi connectivity index (χ1n) is 16.3. The molecule has 2 aromatic carbocycles. The normalized spacial score (nSPS) is 16.9. The van der Waals surface area contributed by atoms with Gasteiger partial charge in [0, 0.05) is 62.4 Å². The number of likely N-dealkylation sites (N-methyl/N-ethyl adjacent to an activating group) is 1. The van der Waals surface area contributed by atoms with Crippen molar-refractivity contribution in [2.45, 2.75) is 32.2 Å². The second kappa shape index (κ2) is 14.5. The zero-order valence-corrected chi connectivity index (χ0v) is 30.6. The third kappa shape index (κ3) is 7.49. The molecule has 0 amide bonds. The fraction of sp³-hybridized carbons (Fsp3) is 0.441. The topological polar surface area (TPSA) is 129 Å². The van der Waals surface area contributed by atoms with Crippen molar-refractivity contribution in [1.82, 2.24) is 29.7 Å². The Balaban J connectivity index is 1.24. The molecule has 0 unspecified atom stereocenters. The van der Waals surface area contributed by atoms with Crippen LogP contribution < -0.4 is 25.6 Å². The summed E-state index contributed by atoms with van der Waals surface area (Å²) in [6.45, 7) is 11.3. The molecule has 2 N–H and O–H groups in total. The van der Waals surface area contributed by atoms with Crippen LogP contribution in [0.25, 0.3) is 11.0 Å². The number of hydrogen-bond acceptors (Lipinski definition) is 12. The van der Waals surface area contributed by atoms with E-state index < -0.39 is 7.14 Å². The van der Waals surface area contributed by atoms with Gasteiger partial charge in [-0.2, -0.15) is 4.98 Å². The van der Waals surface area contributed by atoms with Crippen molar-refractivity contribution in [1.29, 1.82) is 0 Å². The highest BCUT2D eigenvalue weighted by molar-refractivity contribution is 9.10. The molecule has 14 heteroatoms. The lowest BCUT2D eigenvalue weighted by Crippen LogP contribution is -2.46. The van der Waals surface area contributed by atoms with Crippen LogP contribution in [0.4, 0.5) is 28.8 Å². The van der Waals surface area contributed by atoms with Crippen molar-refractivity contribution < 1.29 is 14.1 Å². The van der Waals surface area contributed by atoms with Crippen LogP contribution in [0.5, 0.6) is 5.75 Å². The first kappa shape index (κ1) is 34.2. The van der Waals surface area contributed by atoms with E-state index in [0.717, 1.165) is 57.8 Å². The average molecular weight is 737 g/mol. The number of piperidine rings is 1. The van der Waals surface area contributed by atoms with Gasteiger partial charge in [0.2, 0.25) is 5.95 Å². The standard InChI is InChI=1S/C34H43BrN9O3P/c1-22(45)24-19-28(30(47-3)20-29(24)44-15-9-23(10-16-44)43-14-6-13-42(2)17-18-43)40-34-38-21-25(35)33(41-34)39-27-8-7-26-31(37-12-11-36-26)32(27)48(4,5)46/h7-8,11-12,19-21,23H,6,9-10,13-18H2,1-5H3,(H2,38,39,40,41). The molecule has 2 saturated heterocycles. The molecule has 2 aliphatic rings. The number of carbonyl (C=O) groups is 1. The van der Waals surface area contributed by atoms with Crippen LogP contribution in [-0.4, -0.2) is 108 Å². The number of anilines is 5. The minimum absolute atomic E-state index is 0.0250. The minimum atomic E-state index is -2.77. The molecular weight excluding hydrogens is 693 g/mol. The summed E-state index contributed by atoms with van der Waals surface area (Å²) in [4.78, 5) is 38.5. The van der Waals surface area contributed by atoms with Gasteiger partial charge in [-0.15, -0.1) is 0 Å². The lowest BCUT2D eigenvalue weighted by Gasteiger charge is -2.39. The van der Waals surface area contributed by atoms with Crippen molar-refractivity contribution in [3.8, 4) is 5.75 Å². The number of nitrogens with zero attached hydrogens (tertiary/aromatic N) is 7.